The van der Waals surface area contributed by atoms with Crippen LogP contribution >= 0.6 is 0 Å². The molecule has 4 rings (SSSR count). The highest BCUT2D eigenvalue weighted by molar-refractivity contribution is 6.04. The molecule has 1 saturated carbocycles. The van der Waals surface area contributed by atoms with E-state index < -0.39 is 0 Å². The molecule has 0 aliphatic heterocycles. The normalized spacial score (nSPS) is 14.4. The van der Waals surface area contributed by atoms with Gasteiger partial charge in [0.2, 0.25) is 0 Å². The van der Waals surface area contributed by atoms with Crippen molar-refractivity contribution in [2.45, 2.75) is 64.8 Å². The highest BCUT2D eigenvalue weighted by atomic mass is 16.5. The molecule has 0 radical (unpaired) electrons. The highest BCUT2D eigenvalue weighted by Gasteiger charge is 2.26. The number of rotatable bonds is 8. The van der Waals surface area contributed by atoms with Crippen molar-refractivity contribution in [1.82, 2.24) is 15.1 Å². The molecular weight excluding hydrogens is 456 g/mol. The van der Waals surface area contributed by atoms with Gasteiger partial charge in [0.15, 0.2) is 0 Å². The number of hydrogen-bond donors (Lipinski definition) is 3. The molecule has 3 aromatic rings. The Morgan fingerprint density at radius 2 is 1.83 bits per heavy atom. The van der Waals surface area contributed by atoms with E-state index in [1.54, 1.807) is 36.4 Å². The minimum absolute atomic E-state index is 0.0237. The van der Waals surface area contributed by atoms with Crippen molar-refractivity contribution in [2.24, 2.45) is 0 Å². The van der Waals surface area contributed by atoms with E-state index in [-0.39, 0.29) is 29.6 Å². The molecule has 2 amide bonds. The van der Waals surface area contributed by atoms with Gasteiger partial charge >= 0.3 is 6.03 Å². The van der Waals surface area contributed by atoms with Crippen molar-refractivity contribution in [1.29, 1.82) is 0 Å². The number of ether oxygens (including phenoxy) is 1. The summed E-state index contributed by atoms with van der Waals surface area (Å²) in [4.78, 5) is 25.6. The smallest absolute Gasteiger partial charge is 0.342 e. The van der Waals surface area contributed by atoms with Crippen LogP contribution in [0.4, 0.5) is 10.5 Å². The first-order chi connectivity index (χ1) is 17.4. The van der Waals surface area contributed by atoms with Crippen LogP contribution in [0.3, 0.4) is 0 Å². The zero-order valence-electron chi connectivity index (χ0n) is 21.1. The predicted octanol–water partition coefficient (Wildman–Crippen LogP) is 5.92. The molecular formula is C28H34N4O4. The average Bonchev–Trinajstić information content (AvgIpc) is 3.55. The third kappa shape index (κ3) is 5.70. The van der Waals surface area contributed by atoms with Crippen LogP contribution in [0.25, 0.3) is 11.3 Å². The Bertz CT molecular complexity index is 1210. The molecule has 8 nitrogen and oxygen atoms in total. The van der Waals surface area contributed by atoms with Gasteiger partial charge < -0.3 is 20.5 Å². The SMILES string of the molecule is CCOc1ccc(C(=O)Nc2ccc(-c3cc(C4CCCC4)n(C(=O)NC(C)CC)n3)c(O)c2)cc1. The fourth-order valence-electron chi connectivity index (χ4n) is 4.47. The summed E-state index contributed by atoms with van der Waals surface area (Å²) in [6, 6.07) is 13.5. The lowest BCUT2D eigenvalue weighted by molar-refractivity contribution is 0.102. The monoisotopic (exact) mass is 490 g/mol. The maximum absolute atomic E-state index is 13.0. The van der Waals surface area contributed by atoms with Crippen molar-refractivity contribution in [3.63, 3.8) is 0 Å². The second kappa shape index (κ2) is 11.3. The van der Waals surface area contributed by atoms with Gasteiger partial charge in [0.25, 0.3) is 5.91 Å². The molecule has 1 unspecified atom stereocenters. The maximum atomic E-state index is 13.0. The first kappa shape index (κ1) is 25.3. The summed E-state index contributed by atoms with van der Waals surface area (Å²) < 4.78 is 6.87. The van der Waals surface area contributed by atoms with Gasteiger partial charge in [0, 0.05) is 34.8 Å². The zero-order valence-corrected chi connectivity index (χ0v) is 21.1. The maximum Gasteiger partial charge on any atom is 0.342 e. The van der Waals surface area contributed by atoms with Crippen molar-refractivity contribution in [2.75, 3.05) is 11.9 Å². The number of anilines is 1. The van der Waals surface area contributed by atoms with Gasteiger partial charge in [-0.25, -0.2) is 4.79 Å². The number of benzene rings is 2. The Morgan fingerprint density at radius 3 is 2.47 bits per heavy atom. The summed E-state index contributed by atoms with van der Waals surface area (Å²) in [7, 11) is 0. The lowest BCUT2D eigenvalue weighted by Gasteiger charge is -2.15. The van der Waals surface area contributed by atoms with Crippen LogP contribution in [0.15, 0.2) is 48.5 Å². The largest absolute Gasteiger partial charge is 0.507 e. The molecule has 0 bridgehead atoms. The summed E-state index contributed by atoms with van der Waals surface area (Å²) in [5.74, 6) is 0.651. The molecule has 1 atom stereocenters. The summed E-state index contributed by atoms with van der Waals surface area (Å²) in [5, 5.41) is 21.2. The zero-order chi connectivity index (χ0) is 25.7. The van der Waals surface area contributed by atoms with Crippen molar-refractivity contribution < 1.29 is 19.4 Å². The number of hydrogen-bond acceptors (Lipinski definition) is 5. The number of aromatic hydroxyl groups is 1. The van der Waals surface area contributed by atoms with E-state index in [0.29, 0.717) is 34.9 Å². The number of nitrogens with zero attached hydrogens (tertiary/aromatic N) is 2. The Labute approximate surface area is 211 Å². The lowest BCUT2D eigenvalue weighted by Crippen LogP contribution is -2.37. The predicted molar refractivity (Wildman–Crippen MR) is 140 cm³/mol. The minimum atomic E-state index is -0.292. The molecule has 1 heterocycles. The molecule has 0 spiro atoms. The topological polar surface area (TPSA) is 105 Å². The van der Waals surface area contributed by atoms with E-state index in [1.807, 2.05) is 26.8 Å². The lowest BCUT2D eigenvalue weighted by atomic mass is 10.0. The molecule has 190 valence electrons. The van der Waals surface area contributed by atoms with Gasteiger partial charge in [0.05, 0.1) is 18.0 Å². The van der Waals surface area contributed by atoms with E-state index in [0.717, 1.165) is 37.8 Å². The van der Waals surface area contributed by atoms with Crippen LogP contribution in [0, 0.1) is 0 Å². The summed E-state index contributed by atoms with van der Waals surface area (Å²) in [6.45, 7) is 6.44. The Balaban J connectivity index is 1.55. The summed E-state index contributed by atoms with van der Waals surface area (Å²) in [6.07, 6.45) is 5.12. The van der Waals surface area contributed by atoms with Gasteiger partial charge in [-0.1, -0.05) is 19.8 Å². The second-order valence-electron chi connectivity index (χ2n) is 9.25. The molecule has 1 aliphatic rings. The fourth-order valence-corrected chi connectivity index (χ4v) is 4.47. The highest BCUT2D eigenvalue weighted by Crippen LogP contribution is 2.38. The molecule has 1 aromatic heterocycles. The summed E-state index contributed by atoms with van der Waals surface area (Å²) in [5.41, 5.74) is 2.84. The van der Waals surface area contributed by atoms with Crippen LogP contribution < -0.4 is 15.4 Å². The van der Waals surface area contributed by atoms with Gasteiger partial charge in [-0.2, -0.15) is 9.78 Å². The van der Waals surface area contributed by atoms with Gasteiger partial charge in [-0.3, -0.25) is 4.79 Å². The molecule has 2 aromatic carbocycles. The molecule has 3 N–H and O–H groups in total. The summed E-state index contributed by atoms with van der Waals surface area (Å²) >= 11 is 0. The number of aromatic nitrogens is 2. The van der Waals surface area contributed by atoms with Gasteiger partial charge in [-0.05, 0) is 75.6 Å². The van der Waals surface area contributed by atoms with Crippen molar-refractivity contribution in [3.8, 4) is 22.8 Å². The Kier molecular flexibility index (Phi) is 7.93. The number of carbonyl (C=O) groups is 2. The van der Waals surface area contributed by atoms with Gasteiger partial charge in [0.1, 0.15) is 11.5 Å². The standard InChI is InChI=1S/C28H34N4O4/c1-4-18(3)29-28(35)32-25(19-8-6-7-9-19)17-24(31-32)23-15-12-21(16-26(23)33)30-27(34)20-10-13-22(14-11-20)36-5-2/h10-19,33H,4-9H2,1-3H3,(H,29,35)(H,30,34). The van der Waals surface area contributed by atoms with Crippen LogP contribution in [0.1, 0.15) is 74.8 Å². The van der Waals surface area contributed by atoms with E-state index in [2.05, 4.69) is 15.7 Å². The number of nitrogens with one attached hydrogen (secondary N) is 2. The quantitative estimate of drug-likeness (QED) is 0.363. The first-order valence-electron chi connectivity index (χ1n) is 12.7. The molecule has 0 saturated heterocycles. The minimum Gasteiger partial charge on any atom is -0.507 e. The molecule has 8 heteroatoms. The third-order valence-electron chi connectivity index (χ3n) is 6.64. The van der Waals surface area contributed by atoms with Crippen LogP contribution in [0.5, 0.6) is 11.5 Å². The fraction of sp³-hybridized carbons (Fsp3) is 0.393. The van der Waals surface area contributed by atoms with E-state index in [9.17, 15) is 14.7 Å². The van der Waals surface area contributed by atoms with Crippen LogP contribution in [-0.2, 0) is 0 Å². The second-order valence-corrected chi connectivity index (χ2v) is 9.25. The van der Waals surface area contributed by atoms with Gasteiger partial charge in [-0.15, -0.1) is 0 Å². The van der Waals surface area contributed by atoms with Crippen LogP contribution in [-0.4, -0.2) is 39.5 Å². The molecule has 36 heavy (non-hydrogen) atoms. The molecule has 1 aliphatic carbocycles. The third-order valence-corrected chi connectivity index (χ3v) is 6.64. The van der Waals surface area contributed by atoms with E-state index in [4.69, 9.17) is 4.74 Å². The average molecular weight is 491 g/mol. The number of phenols is 1. The van der Waals surface area contributed by atoms with Crippen molar-refractivity contribution in [3.05, 3.63) is 59.8 Å². The Hall–Kier alpha value is -3.81. The number of carbonyl (C=O) groups excluding carboxylic acids is 2. The number of phenolic OH excluding ortho intramolecular Hbond substituents is 1. The van der Waals surface area contributed by atoms with E-state index >= 15 is 0 Å². The van der Waals surface area contributed by atoms with E-state index in [1.165, 1.54) is 10.7 Å². The van der Waals surface area contributed by atoms with Crippen molar-refractivity contribution >= 4 is 17.6 Å². The Morgan fingerprint density at radius 1 is 1.11 bits per heavy atom. The number of amides is 2. The van der Waals surface area contributed by atoms with Crippen LogP contribution in [0.2, 0.25) is 0 Å². The molecule has 1 fully saturated rings. The first-order valence-corrected chi connectivity index (χ1v) is 12.7.